The number of rotatable bonds is 7. The number of carboxylic acids is 1. The molecule has 2 aromatic carbocycles. The number of methoxy groups -OCH3 is 1. The highest BCUT2D eigenvalue weighted by molar-refractivity contribution is 6.00. The normalized spacial score (nSPS) is 11.2. The average molecular weight is 420 g/mol. The van der Waals surface area contributed by atoms with Gasteiger partial charge in [-0.1, -0.05) is 32.9 Å². The summed E-state index contributed by atoms with van der Waals surface area (Å²) in [5.74, 6) is -0.689. The number of ether oxygens (including phenoxy) is 1. The van der Waals surface area contributed by atoms with Gasteiger partial charge >= 0.3 is 0 Å². The van der Waals surface area contributed by atoms with Gasteiger partial charge in [-0.3, -0.25) is 14.9 Å². The molecule has 0 aliphatic heterocycles. The molecule has 1 aromatic heterocycles. The molecule has 1 amide bonds. The average Bonchev–Trinajstić information content (AvgIpc) is 3.14. The van der Waals surface area contributed by atoms with E-state index in [-0.39, 0.29) is 24.2 Å². The number of nitrogens with zero attached hydrogens (tertiary/aromatic N) is 1. The van der Waals surface area contributed by atoms with Crippen LogP contribution in [0.15, 0.2) is 60.7 Å². The quantitative estimate of drug-likeness (QED) is 0.635. The monoisotopic (exact) mass is 419 g/mol. The van der Waals surface area contributed by atoms with Crippen molar-refractivity contribution in [1.82, 2.24) is 4.68 Å². The predicted octanol–water partition coefficient (Wildman–Crippen LogP) is 3.53. The highest BCUT2D eigenvalue weighted by Crippen LogP contribution is 2.26. The smallest absolute Gasteiger partial charge is 0.270 e. The number of aromatic nitrogens is 1. The molecule has 6 heteroatoms. The minimum atomic E-state index is -1.14. The Morgan fingerprint density at radius 3 is 2.16 bits per heavy atom. The van der Waals surface area contributed by atoms with Crippen molar-refractivity contribution in [2.24, 2.45) is 0 Å². The van der Waals surface area contributed by atoms with Gasteiger partial charge in [0.1, 0.15) is 5.75 Å². The van der Waals surface area contributed by atoms with E-state index in [4.69, 9.17) is 4.74 Å². The summed E-state index contributed by atoms with van der Waals surface area (Å²) < 4.78 is 6.86. The van der Waals surface area contributed by atoms with Crippen LogP contribution in [0.5, 0.6) is 5.75 Å². The molecule has 0 unspecified atom stereocenters. The van der Waals surface area contributed by atoms with Crippen molar-refractivity contribution in [2.75, 3.05) is 12.5 Å². The second-order valence-corrected chi connectivity index (χ2v) is 8.41. The van der Waals surface area contributed by atoms with Crippen LogP contribution < -0.4 is 15.3 Å². The lowest BCUT2D eigenvalue weighted by molar-refractivity contribution is -0.305. The van der Waals surface area contributed by atoms with Gasteiger partial charge in [0.2, 0.25) is 0 Å². The van der Waals surface area contributed by atoms with E-state index in [0.717, 1.165) is 22.6 Å². The predicted molar refractivity (Wildman–Crippen MR) is 119 cm³/mol. The van der Waals surface area contributed by atoms with Crippen LogP contribution in [0.4, 0.5) is 0 Å². The molecular weight excluding hydrogens is 392 g/mol. The Morgan fingerprint density at radius 1 is 0.968 bits per heavy atom. The van der Waals surface area contributed by atoms with Crippen LogP contribution in [0.25, 0.3) is 11.3 Å². The fourth-order valence-electron chi connectivity index (χ4n) is 3.31. The highest BCUT2D eigenvalue weighted by Gasteiger charge is 2.17. The molecule has 0 fully saturated rings. The topological polar surface area (TPSA) is 83.4 Å². The molecule has 1 N–H and O–H groups in total. The Balaban J connectivity index is 1.92. The molecule has 0 saturated carbocycles. The van der Waals surface area contributed by atoms with E-state index in [1.807, 2.05) is 48.5 Å². The third-order valence-electron chi connectivity index (χ3n) is 5.16. The van der Waals surface area contributed by atoms with Crippen molar-refractivity contribution < 1.29 is 19.4 Å². The summed E-state index contributed by atoms with van der Waals surface area (Å²) in [6, 6.07) is 18.6. The zero-order valence-corrected chi connectivity index (χ0v) is 18.3. The summed E-state index contributed by atoms with van der Waals surface area (Å²) in [7, 11) is 1.60. The van der Waals surface area contributed by atoms with Crippen LogP contribution in [0.2, 0.25) is 0 Å². The lowest BCUT2D eigenvalue weighted by atomic mass is 9.87. The Labute approximate surface area is 182 Å². The van der Waals surface area contributed by atoms with Crippen LogP contribution in [-0.4, -0.2) is 23.7 Å². The SMILES string of the molecule is COc1ccc(-c2ccc(CCC(=O)[O-])n2NC(=O)c2ccc(C(C)(C)C)cc2)cc1. The number of hydrogen-bond donors (Lipinski definition) is 1. The zero-order valence-electron chi connectivity index (χ0n) is 18.3. The van der Waals surface area contributed by atoms with Gasteiger partial charge < -0.3 is 14.6 Å². The van der Waals surface area contributed by atoms with Crippen LogP contribution in [-0.2, 0) is 16.6 Å². The van der Waals surface area contributed by atoms with Crippen LogP contribution in [0.3, 0.4) is 0 Å². The highest BCUT2D eigenvalue weighted by atomic mass is 16.5. The van der Waals surface area contributed by atoms with Gasteiger partial charge in [-0.15, -0.1) is 0 Å². The number of carbonyl (C=O) groups excluding carboxylic acids is 2. The molecule has 0 radical (unpaired) electrons. The van der Waals surface area contributed by atoms with Gasteiger partial charge in [-0.2, -0.15) is 0 Å². The maximum absolute atomic E-state index is 13.0. The minimum Gasteiger partial charge on any atom is -0.550 e. The fraction of sp³-hybridized carbons (Fsp3) is 0.280. The van der Waals surface area contributed by atoms with Crippen molar-refractivity contribution in [2.45, 2.75) is 39.0 Å². The van der Waals surface area contributed by atoms with Crippen molar-refractivity contribution in [3.05, 3.63) is 77.5 Å². The molecule has 0 aliphatic rings. The number of carboxylic acid groups (broad SMARTS) is 1. The first-order valence-electron chi connectivity index (χ1n) is 10.2. The van der Waals surface area contributed by atoms with E-state index in [1.165, 1.54) is 0 Å². The Kier molecular flexibility index (Phi) is 6.49. The molecule has 1 heterocycles. The number of aliphatic carboxylic acids is 1. The summed E-state index contributed by atoms with van der Waals surface area (Å²) in [6.45, 7) is 6.35. The molecule has 6 nitrogen and oxygen atoms in total. The standard InChI is InChI=1S/C25H28N2O4/c1-25(2,3)19-9-5-18(6-10-19)24(30)26-27-20(12-16-23(28)29)11-15-22(27)17-7-13-21(31-4)14-8-17/h5-11,13-15H,12,16H2,1-4H3,(H,26,30)(H,28,29)/p-1. The largest absolute Gasteiger partial charge is 0.550 e. The molecule has 3 aromatic rings. The number of aryl methyl sites for hydroxylation is 1. The molecule has 0 saturated heterocycles. The molecule has 0 atom stereocenters. The van der Waals surface area contributed by atoms with E-state index in [0.29, 0.717) is 11.3 Å². The Morgan fingerprint density at radius 2 is 1.61 bits per heavy atom. The van der Waals surface area contributed by atoms with Crippen LogP contribution in [0, 0.1) is 0 Å². The van der Waals surface area contributed by atoms with E-state index < -0.39 is 5.97 Å². The van der Waals surface area contributed by atoms with Crippen LogP contribution >= 0.6 is 0 Å². The van der Waals surface area contributed by atoms with Gasteiger partial charge in [-0.25, -0.2) is 0 Å². The molecule has 31 heavy (non-hydrogen) atoms. The van der Waals surface area contributed by atoms with E-state index in [2.05, 4.69) is 26.2 Å². The van der Waals surface area contributed by atoms with Crippen molar-refractivity contribution in [1.29, 1.82) is 0 Å². The third-order valence-corrected chi connectivity index (χ3v) is 5.16. The number of carbonyl (C=O) groups is 2. The van der Waals surface area contributed by atoms with Gasteiger partial charge in [0.05, 0.1) is 12.8 Å². The van der Waals surface area contributed by atoms with E-state index in [9.17, 15) is 14.7 Å². The molecule has 0 spiro atoms. The molecule has 162 valence electrons. The second-order valence-electron chi connectivity index (χ2n) is 8.41. The number of amides is 1. The van der Waals surface area contributed by atoms with E-state index >= 15 is 0 Å². The molecule has 3 rings (SSSR count). The van der Waals surface area contributed by atoms with Gasteiger partial charge in [0, 0.05) is 22.8 Å². The summed E-state index contributed by atoms with van der Waals surface area (Å²) in [5.41, 5.74) is 6.86. The number of hydrogen-bond acceptors (Lipinski definition) is 4. The molecular formula is C25H27N2O4-. The third kappa shape index (κ3) is 5.34. The lowest BCUT2D eigenvalue weighted by Crippen LogP contribution is -2.27. The zero-order chi connectivity index (χ0) is 22.6. The molecule has 0 aliphatic carbocycles. The van der Waals surface area contributed by atoms with Gasteiger partial charge in [0.25, 0.3) is 5.91 Å². The number of benzene rings is 2. The van der Waals surface area contributed by atoms with Crippen molar-refractivity contribution in [3.8, 4) is 17.0 Å². The fourth-order valence-corrected chi connectivity index (χ4v) is 3.31. The second kappa shape index (κ2) is 9.08. The Hall–Kier alpha value is -3.54. The first-order chi connectivity index (χ1) is 14.7. The lowest BCUT2D eigenvalue weighted by Gasteiger charge is -2.19. The number of nitrogens with one attached hydrogen (secondary N) is 1. The Bertz CT molecular complexity index is 1060. The summed E-state index contributed by atoms with van der Waals surface area (Å²) >= 11 is 0. The van der Waals surface area contributed by atoms with Crippen molar-refractivity contribution in [3.63, 3.8) is 0 Å². The maximum Gasteiger partial charge on any atom is 0.270 e. The van der Waals surface area contributed by atoms with Crippen LogP contribution in [0.1, 0.15) is 48.8 Å². The maximum atomic E-state index is 13.0. The first kappa shape index (κ1) is 22.2. The van der Waals surface area contributed by atoms with Crippen molar-refractivity contribution >= 4 is 11.9 Å². The molecule has 0 bridgehead atoms. The summed E-state index contributed by atoms with van der Waals surface area (Å²) in [4.78, 5) is 23.9. The van der Waals surface area contributed by atoms with E-state index in [1.54, 1.807) is 23.9 Å². The summed E-state index contributed by atoms with van der Waals surface area (Å²) in [5, 5.41) is 11.0. The first-order valence-corrected chi connectivity index (χ1v) is 10.2. The minimum absolute atomic E-state index is 0.00495. The summed E-state index contributed by atoms with van der Waals surface area (Å²) in [6.07, 6.45) is 0.101. The van der Waals surface area contributed by atoms with Gasteiger partial charge in [-0.05, 0) is 72.4 Å². The van der Waals surface area contributed by atoms with Gasteiger partial charge in [0.15, 0.2) is 0 Å².